The van der Waals surface area contributed by atoms with Crippen molar-refractivity contribution in [3.05, 3.63) is 23.8 Å². The van der Waals surface area contributed by atoms with Gasteiger partial charge in [0.05, 0.1) is 7.05 Å². The lowest BCUT2D eigenvalue weighted by Gasteiger charge is -2.21. The van der Waals surface area contributed by atoms with Crippen LogP contribution < -0.4 is 4.99 Å². The third kappa shape index (κ3) is 1.32. The van der Waals surface area contributed by atoms with Gasteiger partial charge in [0, 0.05) is 12.2 Å². The predicted molar refractivity (Wildman–Crippen MR) is 57.7 cm³/mol. The van der Waals surface area contributed by atoms with Crippen molar-refractivity contribution in [2.75, 3.05) is 7.05 Å². The Hall–Kier alpha value is -1.29. The van der Waals surface area contributed by atoms with Crippen molar-refractivity contribution in [3.63, 3.8) is 0 Å². The second-order valence-corrected chi connectivity index (χ2v) is 3.89. The normalized spacial score (nSPS) is 25.9. The molecule has 2 rings (SSSR count). The number of thiocarbonyl (C=S) groups is 1. The minimum atomic E-state index is -0.184. The Labute approximate surface area is 87.8 Å². The molecule has 0 radical (unpaired) electrons. The van der Waals surface area contributed by atoms with Crippen LogP contribution in [0.25, 0.3) is 0 Å². The van der Waals surface area contributed by atoms with Crippen molar-refractivity contribution < 1.29 is 9.79 Å². The Morgan fingerprint density at radius 1 is 1.50 bits per heavy atom. The lowest BCUT2D eigenvalue weighted by Crippen LogP contribution is -2.85. The molecule has 0 fully saturated rings. The molecule has 1 aliphatic heterocycles. The summed E-state index contributed by atoms with van der Waals surface area (Å²) < 4.78 is 0. The molecule has 0 aromatic rings. The molecular weight excluding hydrogens is 196 g/mol. The van der Waals surface area contributed by atoms with E-state index >= 15 is 0 Å². The zero-order valence-corrected chi connectivity index (χ0v) is 8.89. The molecule has 3 nitrogen and oxygen atoms in total. The first kappa shape index (κ1) is 9.27. The first-order valence-corrected chi connectivity index (χ1v) is 4.82. The van der Waals surface area contributed by atoms with Crippen molar-refractivity contribution in [2.24, 2.45) is 5.92 Å². The summed E-state index contributed by atoms with van der Waals surface area (Å²) in [4.78, 5) is 16.3. The average Bonchev–Trinajstić information content (AvgIpc) is 2.16. The van der Waals surface area contributed by atoms with Gasteiger partial charge in [0.15, 0.2) is 0 Å². The van der Waals surface area contributed by atoms with E-state index in [1.165, 1.54) is 4.90 Å². The number of rotatable bonds is 0. The lowest BCUT2D eigenvalue weighted by atomic mass is 9.92. The number of nitrogens with one attached hydrogen (secondary N) is 1. The largest absolute Gasteiger partial charge is 0.351 e. The number of fused-ring (bicyclic) bond motifs is 1. The molecule has 0 saturated carbocycles. The molecule has 0 saturated heterocycles. The number of carbonyl (C=O) groups is 1. The standard InChI is InChI=1S/C10H10N2OS/c1-6-3-4-8-7(5-6)9(13)12(2)10(14)11-8/h3-5,7H,1-2H3/p+1. The monoisotopic (exact) mass is 207 g/mol. The topological polar surface area (TPSA) is 34.3 Å². The summed E-state index contributed by atoms with van der Waals surface area (Å²) in [6, 6.07) is 0. The molecule has 4 heteroatoms. The Morgan fingerprint density at radius 2 is 2.21 bits per heavy atom. The van der Waals surface area contributed by atoms with Gasteiger partial charge < -0.3 is 0 Å². The molecular formula is C10H11N2OS+. The van der Waals surface area contributed by atoms with Crippen LogP contribution in [0.3, 0.4) is 0 Å². The van der Waals surface area contributed by atoms with E-state index in [1.54, 1.807) is 7.05 Å². The maximum Gasteiger partial charge on any atom is 0.351 e. The van der Waals surface area contributed by atoms with E-state index in [0.29, 0.717) is 5.11 Å². The van der Waals surface area contributed by atoms with Crippen LogP contribution in [-0.4, -0.2) is 28.7 Å². The molecule has 0 aromatic carbocycles. The molecule has 1 heterocycles. The highest BCUT2D eigenvalue weighted by atomic mass is 32.1. The van der Waals surface area contributed by atoms with Crippen LogP contribution in [0.2, 0.25) is 0 Å². The molecule has 1 atom stereocenters. The fourth-order valence-electron chi connectivity index (χ4n) is 1.57. The molecule has 0 aromatic heterocycles. The summed E-state index contributed by atoms with van der Waals surface area (Å²) in [5.41, 5.74) is 1.99. The molecule has 0 bridgehead atoms. The van der Waals surface area contributed by atoms with Crippen LogP contribution in [0.15, 0.2) is 23.8 Å². The van der Waals surface area contributed by atoms with Gasteiger partial charge in [-0.25, -0.2) is 9.79 Å². The fourth-order valence-corrected chi connectivity index (χ4v) is 1.78. The van der Waals surface area contributed by atoms with Gasteiger partial charge in [-0.1, -0.05) is 17.7 Å². The third-order valence-corrected chi connectivity index (χ3v) is 2.82. The van der Waals surface area contributed by atoms with Crippen LogP contribution in [-0.2, 0) is 4.79 Å². The average molecular weight is 207 g/mol. The molecule has 1 unspecified atom stereocenters. The van der Waals surface area contributed by atoms with Crippen molar-refractivity contribution >= 4 is 28.9 Å². The molecule has 1 N–H and O–H groups in total. The zero-order valence-electron chi connectivity index (χ0n) is 8.07. The third-order valence-electron chi connectivity index (χ3n) is 2.44. The predicted octanol–water partition coefficient (Wildman–Crippen LogP) is -0.603. The van der Waals surface area contributed by atoms with Gasteiger partial charge in [-0.2, -0.15) is 4.90 Å². The van der Waals surface area contributed by atoms with E-state index in [-0.39, 0.29) is 11.8 Å². The Balaban J connectivity index is 2.47. The summed E-state index contributed by atoms with van der Waals surface area (Å²) in [6.45, 7) is 1.98. The highest BCUT2D eigenvalue weighted by Gasteiger charge is 2.38. The maximum atomic E-state index is 11.8. The molecule has 72 valence electrons. The smallest absolute Gasteiger partial charge is 0.246 e. The first-order chi connectivity index (χ1) is 6.59. The SMILES string of the molecule is CC1=CC2C(=O)N(C)C(=S)[NH+]=C2C=C1. The van der Waals surface area contributed by atoms with Gasteiger partial charge in [-0.05, 0) is 13.0 Å². The van der Waals surface area contributed by atoms with E-state index in [1.807, 2.05) is 25.2 Å². The number of hydrogen-bond acceptors (Lipinski definition) is 2. The first-order valence-electron chi connectivity index (χ1n) is 4.41. The van der Waals surface area contributed by atoms with Crippen LogP contribution in [0.1, 0.15) is 6.92 Å². The van der Waals surface area contributed by atoms with Crippen LogP contribution in [0.5, 0.6) is 0 Å². The minimum Gasteiger partial charge on any atom is -0.246 e. The summed E-state index contributed by atoms with van der Waals surface area (Å²) in [5.74, 6) is -0.149. The van der Waals surface area contributed by atoms with Crippen molar-refractivity contribution in [3.8, 4) is 0 Å². The van der Waals surface area contributed by atoms with Gasteiger partial charge >= 0.3 is 11.0 Å². The number of allylic oxidation sites excluding steroid dienone is 3. The van der Waals surface area contributed by atoms with Gasteiger partial charge in [0.2, 0.25) is 0 Å². The number of nitrogens with zero attached hydrogens (tertiary/aromatic N) is 1. The summed E-state index contributed by atoms with van der Waals surface area (Å²) in [5, 5.41) is 0.471. The second kappa shape index (κ2) is 3.13. The van der Waals surface area contributed by atoms with Gasteiger partial charge in [-0.3, -0.25) is 0 Å². The molecule has 2 aliphatic rings. The molecule has 14 heavy (non-hydrogen) atoms. The Morgan fingerprint density at radius 3 is 2.93 bits per heavy atom. The Kier molecular flexibility index (Phi) is 2.07. The number of hydrogen-bond donors (Lipinski definition) is 1. The molecule has 1 aliphatic carbocycles. The molecule has 0 spiro atoms. The van der Waals surface area contributed by atoms with E-state index in [4.69, 9.17) is 12.2 Å². The van der Waals surface area contributed by atoms with Crippen LogP contribution in [0, 0.1) is 5.92 Å². The van der Waals surface area contributed by atoms with Crippen molar-refractivity contribution in [1.82, 2.24) is 4.90 Å². The maximum absolute atomic E-state index is 11.8. The lowest BCUT2D eigenvalue weighted by molar-refractivity contribution is -0.329. The second-order valence-electron chi connectivity index (χ2n) is 3.50. The summed E-state index contributed by atoms with van der Waals surface area (Å²) >= 11 is 5.02. The van der Waals surface area contributed by atoms with E-state index in [0.717, 1.165) is 11.3 Å². The van der Waals surface area contributed by atoms with Gasteiger partial charge in [0.1, 0.15) is 11.6 Å². The quantitative estimate of drug-likeness (QED) is 0.538. The zero-order chi connectivity index (χ0) is 10.3. The van der Waals surface area contributed by atoms with Gasteiger partial charge in [0.25, 0.3) is 0 Å². The Bertz CT molecular complexity index is 406. The highest BCUT2D eigenvalue weighted by molar-refractivity contribution is 7.79. The minimum absolute atomic E-state index is 0.0347. The van der Waals surface area contributed by atoms with Crippen LogP contribution in [0.4, 0.5) is 0 Å². The van der Waals surface area contributed by atoms with Gasteiger partial charge in [-0.15, -0.1) is 0 Å². The van der Waals surface area contributed by atoms with Crippen LogP contribution >= 0.6 is 12.2 Å². The number of amides is 1. The van der Waals surface area contributed by atoms with E-state index in [9.17, 15) is 4.79 Å². The van der Waals surface area contributed by atoms with Crippen molar-refractivity contribution in [1.29, 1.82) is 0 Å². The van der Waals surface area contributed by atoms with E-state index < -0.39 is 0 Å². The van der Waals surface area contributed by atoms with Crippen molar-refractivity contribution in [2.45, 2.75) is 6.92 Å². The molecule has 1 amide bonds. The summed E-state index contributed by atoms with van der Waals surface area (Å²) in [7, 11) is 1.69. The highest BCUT2D eigenvalue weighted by Crippen LogP contribution is 2.15. The number of carbonyl (C=O) groups excluding carboxylic acids is 1. The van der Waals surface area contributed by atoms with E-state index in [2.05, 4.69) is 4.99 Å². The summed E-state index contributed by atoms with van der Waals surface area (Å²) in [6.07, 6.45) is 5.83. The fraction of sp³-hybridized carbons (Fsp3) is 0.300.